The lowest BCUT2D eigenvalue weighted by Gasteiger charge is -2.14. The Balaban J connectivity index is 1.76. The van der Waals surface area contributed by atoms with Crippen LogP contribution in [0.4, 0.5) is 5.69 Å². The molecule has 2 N–H and O–H groups in total. The first-order valence-electron chi connectivity index (χ1n) is 7.86. The summed E-state index contributed by atoms with van der Waals surface area (Å²) in [5, 5.41) is 6.13. The maximum Gasteiger partial charge on any atom is 0.337 e. The van der Waals surface area contributed by atoms with E-state index in [4.69, 9.17) is 0 Å². The van der Waals surface area contributed by atoms with Gasteiger partial charge in [-0.15, -0.1) is 0 Å². The van der Waals surface area contributed by atoms with Crippen molar-refractivity contribution < 1.29 is 14.3 Å². The molecule has 1 amide bonds. The molecule has 0 heterocycles. The molecule has 0 saturated carbocycles. The second kappa shape index (κ2) is 8.84. The predicted octanol–water partition coefficient (Wildman–Crippen LogP) is 3.15. The van der Waals surface area contributed by atoms with Crippen molar-refractivity contribution in [3.63, 3.8) is 0 Å². The molecule has 126 valence electrons. The minimum absolute atomic E-state index is 0.0754. The molecule has 0 bridgehead atoms. The fourth-order valence-electron chi connectivity index (χ4n) is 2.29. The average Bonchev–Trinajstić information content (AvgIpc) is 2.62. The number of carbonyl (C=O) groups excluding carboxylic acids is 2. The van der Waals surface area contributed by atoms with E-state index in [9.17, 15) is 9.59 Å². The van der Waals surface area contributed by atoms with Crippen LogP contribution in [0.2, 0.25) is 0 Å². The van der Waals surface area contributed by atoms with Crippen molar-refractivity contribution in [1.82, 2.24) is 5.32 Å². The van der Waals surface area contributed by atoms with E-state index < -0.39 is 5.97 Å². The van der Waals surface area contributed by atoms with Gasteiger partial charge in [-0.3, -0.25) is 4.79 Å². The summed E-state index contributed by atoms with van der Waals surface area (Å²) >= 11 is 0. The summed E-state index contributed by atoms with van der Waals surface area (Å²) in [6.07, 6.45) is 0.371. The Morgan fingerprint density at radius 2 is 1.71 bits per heavy atom. The number of methoxy groups -OCH3 is 1. The number of amides is 1. The molecule has 2 aromatic rings. The second-order valence-electron chi connectivity index (χ2n) is 5.45. The molecule has 0 fully saturated rings. The lowest BCUT2D eigenvalue weighted by Crippen LogP contribution is -2.24. The van der Waals surface area contributed by atoms with Crippen LogP contribution in [0.5, 0.6) is 0 Å². The number of carbonyl (C=O) groups is 2. The summed E-state index contributed by atoms with van der Waals surface area (Å²) in [5.41, 5.74) is 2.30. The molecule has 0 saturated heterocycles. The zero-order valence-corrected chi connectivity index (χ0v) is 13.9. The first-order valence-corrected chi connectivity index (χ1v) is 7.86. The molecule has 1 unspecified atom stereocenters. The van der Waals surface area contributed by atoms with Gasteiger partial charge in [0, 0.05) is 24.7 Å². The monoisotopic (exact) mass is 326 g/mol. The molecule has 24 heavy (non-hydrogen) atoms. The first-order chi connectivity index (χ1) is 11.6. The van der Waals surface area contributed by atoms with Gasteiger partial charge in [0.05, 0.1) is 12.7 Å². The van der Waals surface area contributed by atoms with Gasteiger partial charge in [-0.05, 0) is 36.8 Å². The molecule has 5 nitrogen and oxygen atoms in total. The number of hydrogen-bond donors (Lipinski definition) is 2. The van der Waals surface area contributed by atoms with Crippen molar-refractivity contribution in [3.05, 3.63) is 65.7 Å². The number of nitrogens with one attached hydrogen (secondary N) is 2. The smallest absolute Gasteiger partial charge is 0.337 e. The van der Waals surface area contributed by atoms with Crippen molar-refractivity contribution in [3.8, 4) is 0 Å². The molecule has 0 aliphatic heterocycles. The molecule has 0 spiro atoms. The van der Waals surface area contributed by atoms with Gasteiger partial charge in [0.1, 0.15) is 0 Å². The van der Waals surface area contributed by atoms with Gasteiger partial charge in [0.15, 0.2) is 0 Å². The highest BCUT2D eigenvalue weighted by Gasteiger charge is 2.08. The third-order valence-electron chi connectivity index (χ3n) is 3.69. The van der Waals surface area contributed by atoms with Gasteiger partial charge in [-0.1, -0.05) is 30.3 Å². The Hall–Kier alpha value is -2.66. The van der Waals surface area contributed by atoms with E-state index >= 15 is 0 Å². The molecule has 2 rings (SSSR count). The minimum Gasteiger partial charge on any atom is -0.465 e. The topological polar surface area (TPSA) is 67.4 Å². The fourth-order valence-corrected chi connectivity index (χ4v) is 2.29. The van der Waals surface area contributed by atoms with E-state index in [1.54, 1.807) is 24.3 Å². The van der Waals surface area contributed by atoms with Gasteiger partial charge >= 0.3 is 5.97 Å². The Morgan fingerprint density at radius 1 is 1.04 bits per heavy atom. The predicted molar refractivity (Wildman–Crippen MR) is 93.9 cm³/mol. The number of benzene rings is 2. The van der Waals surface area contributed by atoms with Crippen LogP contribution >= 0.6 is 0 Å². The Bertz CT molecular complexity index is 669. The number of ether oxygens (including phenoxy) is 1. The van der Waals surface area contributed by atoms with E-state index in [2.05, 4.69) is 34.4 Å². The number of rotatable bonds is 7. The van der Waals surface area contributed by atoms with Crippen LogP contribution in [0.1, 0.15) is 35.3 Å². The highest BCUT2D eigenvalue weighted by Crippen LogP contribution is 2.12. The molecule has 0 aliphatic carbocycles. The van der Waals surface area contributed by atoms with E-state index in [-0.39, 0.29) is 11.9 Å². The van der Waals surface area contributed by atoms with Crippen LogP contribution in [0.15, 0.2) is 54.6 Å². The largest absolute Gasteiger partial charge is 0.465 e. The first kappa shape index (κ1) is 17.7. The van der Waals surface area contributed by atoms with Crippen molar-refractivity contribution in [2.24, 2.45) is 0 Å². The van der Waals surface area contributed by atoms with Crippen LogP contribution in [0, 0.1) is 0 Å². The summed E-state index contributed by atoms with van der Waals surface area (Å²) in [7, 11) is 1.33. The molecule has 1 atom stereocenters. The van der Waals surface area contributed by atoms with E-state index in [1.807, 2.05) is 18.2 Å². The van der Waals surface area contributed by atoms with Crippen molar-refractivity contribution in [1.29, 1.82) is 0 Å². The van der Waals surface area contributed by atoms with Crippen LogP contribution < -0.4 is 10.6 Å². The Labute approximate surface area is 142 Å². The second-order valence-corrected chi connectivity index (χ2v) is 5.45. The van der Waals surface area contributed by atoms with Gasteiger partial charge < -0.3 is 15.4 Å². The highest BCUT2D eigenvalue weighted by atomic mass is 16.5. The maximum atomic E-state index is 12.0. The lowest BCUT2D eigenvalue weighted by atomic mass is 10.1. The van der Waals surface area contributed by atoms with Crippen LogP contribution in [0.25, 0.3) is 0 Å². The molecule has 5 heteroatoms. The van der Waals surface area contributed by atoms with Crippen molar-refractivity contribution >= 4 is 17.6 Å². The van der Waals surface area contributed by atoms with Crippen molar-refractivity contribution in [2.75, 3.05) is 19.0 Å². The number of anilines is 1. The van der Waals surface area contributed by atoms with E-state index in [0.29, 0.717) is 24.2 Å². The molecular weight excluding hydrogens is 304 g/mol. The molecular formula is C19H22N2O3. The molecule has 0 aromatic heterocycles. The standard InChI is InChI=1S/C19H22N2O3/c1-14(15-6-4-3-5-7-15)20-13-12-18(22)21-17-10-8-16(9-11-17)19(23)24-2/h3-11,14,20H,12-13H2,1-2H3,(H,21,22). The van der Waals surface area contributed by atoms with E-state index in [1.165, 1.54) is 12.7 Å². The van der Waals surface area contributed by atoms with Crippen LogP contribution in [0.3, 0.4) is 0 Å². The zero-order chi connectivity index (χ0) is 17.4. The summed E-state index contributed by atoms with van der Waals surface area (Å²) in [6.45, 7) is 2.65. The van der Waals surface area contributed by atoms with Crippen LogP contribution in [-0.2, 0) is 9.53 Å². The zero-order valence-electron chi connectivity index (χ0n) is 13.9. The summed E-state index contributed by atoms with van der Waals surface area (Å²) < 4.78 is 4.63. The normalized spacial score (nSPS) is 11.6. The van der Waals surface area contributed by atoms with Gasteiger partial charge in [0.2, 0.25) is 5.91 Å². The molecule has 0 aliphatic rings. The Morgan fingerprint density at radius 3 is 2.33 bits per heavy atom. The molecule has 0 radical (unpaired) electrons. The third kappa shape index (κ3) is 5.21. The fraction of sp³-hybridized carbons (Fsp3) is 0.263. The molecule has 2 aromatic carbocycles. The Kier molecular flexibility index (Phi) is 6.51. The third-order valence-corrected chi connectivity index (χ3v) is 3.69. The highest BCUT2D eigenvalue weighted by molar-refractivity contribution is 5.93. The summed E-state index contributed by atoms with van der Waals surface area (Å²) in [5.74, 6) is -0.472. The summed E-state index contributed by atoms with van der Waals surface area (Å²) in [6, 6.07) is 16.9. The van der Waals surface area contributed by atoms with Gasteiger partial charge in [-0.2, -0.15) is 0 Å². The van der Waals surface area contributed by atoms with Crippen LogP contribution in [-0.4, -0.2) is 25.5 Å². The van der Waals surface area contributed by atoms with Gasteiger partial charge in [0.25, 0.3) is 0 Å². The van der Waals surface area contributed by atoms with E-state index in [0.717, 1.165) is 0 Å². The summed E-state index contributed by atoms with van der Waals surface area (Å²) in [4.78, 5) is 23.3. The quantitative estimate of drug-likeness (QED) is 0.767. The minimum atomic E-state index is -0.396. The van der Waals surface area contributed by atoms with Gasteiger partial charge in [-0.25, -0.2) is 4.79 Å². The van der Waals surface area contributed by atoms with Crippen molar-refractivity contribution in [2.45, 2.75) is 19.4 Å². The maximum absolute atomic E-state index is 12.0. The average molecular weight is 326 g/mol. The SMILES string of the molecule is COC(=O)c1ccc(NC(=O)CCNC(C)c2ccccc2)cc1. The number of hydrogen-bond acceptors (Lipinski definition) is 4. The number of esters is 1. The lowest BCUT2D eigenvalue weighted by molar-refractivity contribution is -0.116.